The molecule has 2 atom stereocenters. The molecule has 0 saturated carbocycles. The van der Waals surface area contributed by atoms with Crippen LogP contribution in [0.5, 0.6) is 0 Å². The standard InChI is InChI=1S/C71H139NO5/c1-3-5-7-9-11-13-15-17-19-32-36-39-43-47-51-55-59-63-69(74)68(67-73)72-70(75)64-60-56-52-48-44-40-37-33-30-28-26-24-22-20-21-23-25-27-29-31-34-38-42-46-50-54-58-62-66-77-71(76)65-61-57-53-49-45-41-35-18-16-14-12-10-8-6-4-2/h20-21,68-69,73-74H,3-19,22-67H2,1-2H3,(H,72,75)/b21-20-. The van der Waals surface area contributed by atoms with Gasteiger partial charge in [-0.15, -0.1) is 0 Å². The Morgan fingerprint density at radius 2 is 0.610 bits per heavy atom. The molecule has 458 valence electrons. The molecule has 2 unspecified atom stereocenters. The van der Waals surface area contributed by atoms with Crippen molar-refractivity contribution < 1.29 is 24.5 Å². The first-order valence-electron chi connectivity index (χ1n) is 35.4. The zero-order chi connectivity index (χ0) is 55.7. The highest BCUT2D eigenvalue weighted by Crippen LogP contribution is 2.19. The first-order chi connectivity index (χ1) is 38.0. The highest BCUT2D eigenvalue weighted by atomic mass is 16.5. The van der Waals surface area contributed by atoms with Crippen LogP contribution in [0.25, 0.3) is 0 Å². The summed E-state index contributed by atoms with van der Waals surface area (Å²) in [6, 6.07) is -0.541. The van der Waals surface area contributed by atoms with Crippen LogP contribution in [0.4, 0.5) is 0 Å². The van der Waals surface area contributed by atoms with Gasteiger partial charge in [-0.1, -0.05) is 353 Å². The van der Waals surface area contributed by atoms with E-state index in [0.29, 0.717) is 25.9 Å². The summed E-state index contributed by atoms with van der Waals surface area (Å²) in [5, 5.41) is 23.4. The molecule has 0 aliphatic carbocycles. The van der Waals surface area contributed by atoms with Gasteiger partial charge in [-0.3, -0.25) is 9.59 Å². The molecule has 0 aliphatic heterocycles. The quantitative estimate of drug-likeness (QED) is 0.0320. The zero-order valence-corrected chi connectivity index (χ0v) is 52.5. The Balaban J connectivity index is 3.36. The number of esters is 1. The highest BCUT2D eigenvalue weighted by molar-refractivity contribution is 5.76. The fourth-order valence-corrected chi connectivity index (χ4v) is 11.4. The van der Waals surface area contributed by atoms with Crippen LogP contribution in [0.1, 0.15) is 406 Å². The minimum atomic E-state index is -0.664. The summed E-state index contributed by atoms with van der Waals surface area (Å²) in [5.74, 6) is -0.0112. The van der Waals surface area contributed by atoms with Crippen molar-refractivity contribution in [3.63, 3.8) is 0 Å². The van der Waals surface area contributed by atoms with E-state index in [2.05, 4.69) is 31.3 Å². The number of unbranched alkanes of at least 4 members (excludes halogenated alkanes) is 54. The molecule has 0 fully saturated rings. The third-order valence-electron chi connectivity index (χ3n) is 16.8. The normalized spacial score (nSPS) is 12.5. The molecule has 77 heavy (non-hydrogen) atoms. The van der Waals surface area contributed by atoms with Crippen LogP contribution >= 0.6 is 0 Å². The van der Waals surface area contributed by atoms with Crippen molar-refractivity contribution in [1.82, 2.24) is 5.32 Å². The summed E-state index contributed by atoms with van der Waals surface area (Å²) >= 11 is 0. The van der Waals surface area contributed by atoms with Crippen LogP contribution in [0, 0.1) is 0 Å². The van der Waals surface area contributed by atoms with Gasteiger partial charge in [0.25, 0.3) is 0 Å². The van der Waals surface area contributed by atoms with Crippen molar-refractivity contribution in [2.45, 2.75) is 418 Å². The molecule has 3 N–H and O–H groups in total. The highest BCUT2D eigenvalue weighted by Gasteiger charge is 2.20. The lowest BCUT2D eigenvalue weighted by Crippen LogP contribution is -2.45. The van der Waals surface area contributed by atoms with Gasteiger partial charge in [-0.25, -0.2) is 0 Å². The van der Waals surface area contributed by atoms with E-state index < -0.39 is 12.1 Å². The molecule has 0 aromatic carbocycles. The fourth-order valence-electron chi connectivity index (χ4n) is 11.4. The Bertz CT molecular complexity index is 1160. The molecule has 0 radical (unpaired) electrons. The van der Waals surface area contributed by atoms with Crippen LogP contribution in [-0.4, -0.2) is 47.4 Å². The molecular weight excluding hydrogens is 947 g/mol. The number of allylic oxidation sites excluding steroid dienone is 2. The maximum absolute atomic E-state index is 12.5. The van der Waals surface area contributed by atoms with E-state index in [-0.39, 0.29) is 18.5 Å². The minimum Gasteiger partial charge on any atom is -0.466 e. The van der Waals surface area contributed by atoms with E-state index in [0.717, 1.165) is 38.5 Å². The third kappa shape index (κ3) is 63.6. The van der Waals surface area contributed by atoms with Crippen molar-refractivity contribution in [2.75, 3.05) is 13.2 Å². The number of rotatable bonds is 67. The second-order valence-electron chi connectivity index (χ2n) is 24.6. The number of hydrogen-bond acceptors (Lipinski definition) is 5. The Kier molecular flexibility index (Phi) is 65.9. The Morgan fingerprint density at radius 3 is 0.922 bits per heavy atom. The molecule has 0 aromatic heterocycles. The Hall–Kier alpha value is -1.40. The molecule has 6 heteroatoms. The lowest BCUT2D eigenvalue weighted by Gasteiger charge is -2.22. The van der Waals surface area contributed by atoms with Gasteiger partial charge in [0.2, 0.25) is 5.91 Å². The average molecular weight is 1090 g/mol. The van der Waals surface area contributed by atoms with Crippen molar-refractivity contribution in [1.29, 1.82) is 0 Å². The number of carbonyl (C=O) groups is 2. The van der Waals surface area contributed by atoms with Gasteiger partial charge in [0.1, 0.15) is 0 Å². The van der Waals surface area contributed by atoms with Crippen LogP contribution in [0.3, 0.4) is 0 Å². The van der Waals surface area contributed by atoms with E-state index in [1.54, 1.807) is 0 Å². The number of nitrogens with one attached hydrogen (secondary N) is 1. The Labute approximate surface area is 482 Å². The molecule has 0 spiro atoms. The molecule has 6 nitrogen and oxygen atoms in total. The van der Waals surface area contributed by atoms with Gasteiger partial charge in [-0.2, -0.15) is 0 Å². The second kappa shape index (κ2) is 67.1. The minimum absolute atomic E-state index is 0.0198. The van der Waals surface area contributed by atoms with Gasteiger partial charge in [0.15, 0.2) is 0 Å². The number of aliphatic hydroxyl groups excluding tert-OH is 2. The van der Waals surface area contributed by atoms with Crippen molar-refractivity contribution >= 4 is 11.9 Å². The summed E-state index contributed by atoms with van der Waals surface area (Å²) < 4.78 is 5.50. The molecule has 0 rings (SSSR count). The lowest BCUT2D eigenvalue weighted by atomic mass is 10.0. The number of amides is 1. The largest absolute Gasteiger partial charge is 0.466 e. The van der Waals surface area contributed by atoms with Crippen LogP contribution < -0.4 is 5.32 Å². The fraction of sp³-hybridized carbons (Fsp3) is 0.944. The predicted molar refractivity (Wildman–Crippen MR) is 338 cm³/mol. The first-order valence-corrected chi connectivity index (χ1v) is 35.4. The zero-order valence-electron chi connectivity index (χ0n) is 52.5. The number of carbonyl (C=O) groups excluding carboxylic acids is 2. The van der Waals surface area contributed by atoms with E-state index >= 15 is 0 Å². The summed E-state index contributed by atoms with van der Waals surface area (Å²) in [7, 11) is 0. The van der Waals surface area contributed by atoms with Gasteiger partial charge in [0, 0.05) is 12.8 Å². The molecule has 0 aromatic rings. The number of aliphatic hydroxyl groups is 2. The third-order valence-corrected chi connectivity index (χ3v) is 16.8. The number of hydrogen-bond donors (Lipinski definition) is 3. The maximum Gasteiger partial charge on any atom is 0.305 e. The molecule has 0 bridgehead atoms. The van der Waals surface area contributed by atoms with Gasteiger partial charge < -0.3 is 20.3 Å². The summed E-state index contributed by atoms with van der Waals surface area (Å²) in [4.78, 5) is 24.6. The Morgan fingerprint density at radius 1 is 0.351 bits per heavy atom. The topological polar surface area (TPSA) is 95.9 Å². The smallest absolute Gasteiger partial charge is 0.305 e. The van der Waals surface area contributed by atoms with Crippen molar-refractivity contribution in [2.24, 2.45) is 0 Å². The summed E-state index contributed by atoms with van der Waals surface area (Å²) in [6.45, 7) is 5.00. The van der Waals surface area contributed by atoms with Crippen LogP contribution in [-0.2, 0) is 14.3 Å². The summed E-state index contributed by atoms with van der Waals surface area (Å²) in [5.41, 5.74) is 0. The molecule has 0 saturated heterocycles. The first kappa shape index (κ1) is 75.6. The molecule has 0 aliphatic rings. The average Bonchev–Trinajstić information content (AvgIpc) is 3.43. The van der Waals surface area contributed by atoms with E-state index in [1.165, 1.54) is 334 Å². The molecule has 1 amide bonds. The summed E-state index contributed by atoms with van der Waals surface area (Å²) in [6.07, 6.45) is 82.6. The van der Waals surface area contributed by atoms with Gasteiger partial charge >= 0.3 is 5.97 Å². The lowest BCUT2D eigenvalue weighted by molar-refractivity contribution is -0.143. The monoisotopic (exact) mass is 1090 g/mol. The van der Waals surface area contributed by atoms with Crippen molar-refractivity contribution in [3.05, 3.63) is 12.2 Å². The van der Waals surface area contributed by atoms with E-state index in [9.17, 15) is 19.8 Å². The predicted octanol–water partition coefficient (Wildman–Crippen LogP) is 22.8. The second-order valence-corrected chi connectivity index (χ2v) is 24.6. The van der Waals surface area contributed by atoms with Crippen LogP contribution in [0.2, 0.25) is 0 Å². The number of ether oxygens (including phenoxy) is 1. The van der Waals surface area contributed by atoms with E-state index in [1.807, 2.05) is 0 Å². The molecular formula is C71H139NO5. The van der Waals surface area contributed by atoms with E-state index in [4.69, 9.17) is 4.74 Å². The van der Waals surface area contributed by atoms with Crippen molar-refractivity contribution in [3.8, 4) is 0 Å². The molecule has 0 heterocycles. The SMILES string of the molecule is CCCCCCCCCCCCCCCCCCCC(O)C(CO)NC(=O)CCCCCCCCCCCCCC/C=C\CCCCCCCCCCCCCCOC(=O)CCCCCCCCCCCCCCCCC. The van der Waals surface area contributed by atoms with Crippen LogP contribution in [0.15, 0.2) is 12.2 Å². The maximum atomic E-state index is 12.5. The van der Waals surface area contributed by atoms with Gasteiger partial charge in [-0.05, 0) is 51.4 Å². The van der Waals surface area contributed by atoms with Gasteiger partial charge in [0.05, 0.1) is 25.4 Å².